The SMILES string of the molecule is Br.c1ccc([P+](C2=NNCC2)(c2ccccc2)c2ccccc2)cc1. The van der Waals surface area contributed by atoms with E-state index in [1.807, 2.05) is 0 Å². The van der Waals surface area contributed by atoms with Gasteiger partial charge in [0.15, 0.2) is 12.7 Å². The second-order valence-corrected chi connectivity index (χ2v) is 9.27. The lowest BCUT2D eigenvalue weighted by Gasteiger charge is -2.26. The first-order valence-electron chi connectivity index (χ1n) is 8.28. The van der Waals surface area contributed by atoms with Crippen LogP contribution in [0.15, 0.2) is 96.1 Å². The van der Waals surface area contributed by atoms with E-state index in [4.69, 9.17) is 5.10 Å². The zero-order valence-corrected chi connectivity index (χ0v) is 16.5. The molecule has 0 radical (unpaired) electrons. The van der Waals surface area contributed by atoms with Gasteiger partial charge in [0.05, 0.1) is 0 Å². The molecular formula is C21H21BrN2P+. The Kier molecular flexibility index (Phi) is 5.67. The van der Waals surface area contributed by atoms with E-state index >= 15 is 0 Å². The largest absolute Gasteiger partial charge is 0.306 e. The molecule has 0 aromatic heterocycles. The molecule has 1 aliphatic heterocycles. The van der Waals surface area contributed by atoms with E-state index < -0.39 is 7.26 Å². The van der Waals surface area contributed by atoms with Crippen molar-refractivity contribution in [2.45, 2.75) is 6.42 Å². The first-order chi connectivity index (χ1) is 11.9. The maximum Gasteiger partial charge on any atom is 0.194 e. The van der Waals surface area contributed by atoms with E-state index in [0.29, 0.717) is 0 Å². The average molecular weight is 412 g/mol. The Morgan fingerprint density at radius 3 is 1.36 bits per heavy atom. The summed E-state index contributed by atoms with van der Waals surface area (Å²) in [5, 5.41) is 8.85. The molecule has 0 unspecified atom stereocenters. The highest BCUT2D eigenvalue weighted by Gasteiger charge is 2.51. The van der Waals surface area contributed by atoms with Gasteiger partial charge in [-0.25, -0.2) is 0 Å². The van der Waals surface area contributed by atoms with Gasteiger partial charge < -0.3 is 5.43 Å². The summed E-state index contributed by atoms with van der Waals surface area (Å²) in [6.45, 7) is 0.920. The Morgan fingerprint density at radius 1 is 0.640 bits per heavy atom. The maximum absolute atomic E-state index is 4.75. The standard InChI is InChI=1S/C21H20N2P.BrH/c1-4-10-18(11-5-1)24(21-16-17-22-23-21,19-12-6-2-7-13-19)20-14-8-3-9-15-20;/h1-15,22H,16-17H2;1H/q+1;. The number of hydrazone groups is 1. The van der Waals surface area contributed by atoms with Crippen LogP contribution in [0.25, 0.3) is 0 Å². The fourth-order valence-electron chi connectivity index (χ4n) is 3.46. The van der Waals surface area contributed by atoms with Gasteiger partial charge in [-0.05, 0) is 36.4 Å². The van der Waals surface area contributed by atoms with Crippen LogP contribution in [0.2, 0.25) is 0 Å². The molecule has 0 saturated carbocycles. The van der Waals surface area contributed by atoms with Crippen molar-refractivity contribution in [3.63, 3.8) is 0 Å². The van der Waals surface area contributed by atoms with Gasteiger partial charge in [0.1, 0.15) is 15.9 Å². The molecule has 1 N–H and O–H groups in total. The Balaban J connectivity index is 0.00000182. The third kappa shape index (κ3) is 3.15. The van der Waals surface area contributed by atoms with Crippen LogP contribution in [0.3, 0.4) is 0 Å². The topological polar surface area (TPSA) is 24.4 Å². The highest BCUT2D eigenvalue weighted by Crippen LogP contribution is 2.57. The summed E-state index contributed by atoms with van der Waals surface area (Å²) in [5.41, 5.74) is 4.49. The van der Waals surface area contributed by atoms with Crippen molar-refractivity contribution < 1.29 is 0 Å². The Hall–Kier alpha value is -1.96. The molecule has 0 bridgehead atoms. The van der Waals surface area contributed by atoms with Crippen molar-refractivity contribution in [3.8, 4) is 0 Å². The minimum atomic E-state index is -1.91. The zero-order chi connectivity index (χ0) is 16.2. The second kappa shape index (κ2) is 7.95. The highest BCUT2D eigenvalue weighted by molar-refractivity contribution is 8.93. The molecule has 0 aliphatic carbocycles. The van der Waals surface area contributed by atoms with Crippen molar-refractivity contribution >= 4 is 45.6 Å². The van der Waals surface area contributed by atoms with E-state index in [1.165, 1.54) is 21.4 Å². The monoisotopic (exact) mass is 411 g/mol. The van der Waals surface area contributed by atoms with E-state index in [0.717, 1.165) is 13.0 Å². The number of hydrogen-bond acceptors (Lipinski definition) is 2. The lowest BCUT2D eigenvalue weighted by atomic mass is 10.3. The van der Waals surface area contributed by atoms with Crippen LogP contribution in [0.4, 0.5) is 0 Å². The van der Waals surface area contributed by atoms with Gasteiger partial charge in [0.25, 0.3) is 0 Å². The van der Waals surface area contributed by atoms with Crippen molar-refractivity contribution in [2.75, 3.05) is 6.54 Å². The van der Waals surface area contributed by atoms with Crippen molar-refractivity contribution in [2.24, 2.45) is 5.10 Å². The number of nitrogens with one attached hydrogen (secondary N) is 1. The van der Waals surface area contributed by atoms with Gasteiger partial charge >= 0.3 is 0 Å². The van der Waals surface area contributed by atoms with E-state index in [9.17, 15) is 0 Å². The predicted molar refractivity (Wildman–Crippen MR) is 116 cm³/mol. The molecule has 0 atom stereocenters. The maximum atomic E-state index is 4.75. The molecule has 1 heterocycles. The lowest BCUT2D eigenvalue weighted by Crippen LogP contribution is -2.36. The molecule has 25 heavy (non-hydrogen) atoms. The summed E-state index contributed by atoms with van der Waals surface area (Å²) in [6, 6.07) is 32.6. The lowest BCUT2D eigenvalue weighted by molar-refractivity contribution is 0.813. The van der Waals surface area contributed by atoms with Crippen LogP contribution in [0.5, 0.6) is 0 Å². The Morgan fingerprint density at radius 2 is 1.04 bits per heavy atom. The van der Waals surface area contributed by atoms with E-state index in [-0.39, 0.29) is 17.0 Å². The second-order valence-electron chi connectivity index (χ2n) is 5.86. The average Bonchev–Trinajstić information content (AvgIpc) is 3.20. The molecule has 4 heteroatoms. The van der Waals surface area contributed by atoms with Crippen LogP contribution in [-0.2, 0) is 0 Å². The molecule has 4 rings (SSSR count). The summed E-state index contributed by atoms with van der Waals surface area (Å²) in [7, 11) is -1.91. The number of benzene rings is 3. The Labute approximate surface area is 160 Å². The molecule has 2 nitrogen and oxygen atoms in total. The van der Waals surface area contributed by atoms with E-state index in [2.05, 4.69) is 96.4 Å². The first-order valence-corrected chi connectivity index (χ1v) is 10.1. The van der Waals surface area contributed by atoms with Gasteiger partial charge in [-0.2, -0.15) is 0 Å². The van der Waals surface area contributed by atoms with Crippen LogP contribution >= 0.6 is 24.2 Å². The third-order valence-corrected chi connectivity index (χ3v) is 8.80. The number of halogens is 1. The van der Waals surface area contributed by atoms with Crippen LogP contribution in [0, 0.1) is 0 Å². The highest BCUT2D eigenvalue weighted by atomic mass is 79.9. The fourth-order valence-corrected chi connectivity index (χ4v) is 7.78. The molecule has 0 amide bonds. The smallest absolute Gasteiger partial charge is 0.194 e. The van der Waals surface area contributed by atoms with E-state index in [1.54, 1.807) is 0 Å². The van der Waals surface area contributed by atoms with Gasteiger partial charge in [0.2, 0.25) is 0 Å². The molecule has 0 spiro atoms. The summed E-state index contributed by atoms with van der Waals surface area (Å²) < 4.78 is 0. The molecular weight excluding hydrogens is 391 g/mol. The molecule has 3 aromatic rings. The third-order valence-electron chi connectivity index (χ3n) is 4.49. The summed E-state index contributed by atoms with van der Waals surface area (Å²) in [5.74, 6) is 0. The first kappa shape index (κ1) is 17.8. The van der Waals surface area contributed by atoms with Gasteiger partial charge in [-0.15, -0.1) is 22.1 Å². The minimum Gasteiger partial charge on any atom is -0.306 e. The molecule has 0 saturated heterocycles. The minimum absolute atomic E-state index is 0. The molecule has 126 valence electrons. The van der Waals surface area contributed by atoms with Gasteiger partial charge in [0, 0.05) is 13.0 Å². The molecule has 0 fully saturated rings. The van der Waals surface area contributed by atoms with Crippen LogP contribution in [-0.4, -0.2) is 12.0 Å². The normalized spacial score (nSPS) is 13.5. The quantitative estimate of drug-likeness (QED) is 0.647. The number of rotatable bonds is 4. The zero-order valence-electron chi connectivity index (χ0n) is 13.9. The van der Waals surface area contributed by atoms with Gasteiger partial charge in [-0.1, -0.05) is 54.6 Å². The van der Waals surface area contributed by atoms with Crippen molar-refractivity contribution in [1.29, 1.82) is 0 Å². The van der Waals surface area contributed by atoms with Gasteiger partial charge in [-0.3, -0.25) is 0 Å². The van der Waals surface area contributed by atoms with Crippen LogP contribution < -0.4 is 21.3 Å². The summed E-state index contributed by atoms with van der Waals surface area (Å²) >= 11 is 0. The summed E-state index contributed by atoms with van der Waals surface area (Å²) in [6.07, 6.45) is 0.993. The van der Waals surface area contributed by atoms with Crippen LogP contribution in [0.1, 0.15) is 6.42 Å². The number of hydrogen-bond donors (Lipinski definition) is 1. The molecule has 3 aromatic carbocycles. The molecule has 1 aliphatic rings. The Bertz CT molecular complexity index is 739. The van der Waals surface area contributed by atoms with Crippen molar-refractivity contribution in [3.05, 3.63) is 91.0 Å². The van der Waals surface area contributed by atoms with Crippen molar-refractivity contribution in [1.82, 2.24) is 5.43 Å². The predicted octanol–water partition coefficient (Wildman–Crippen LogP) is 3.87. The fraction of sp³-hybridized carbons (Fsp3) is 0.0952. The summed E-state index contributed by atoms with van der Waals surface area (Å²) in [4.78, 5) is 0. The number of nitrogens with zero attached hydrogens (tertiary/aromatic N) is 1.